The van der Waals surface area contributed by atoms with Crippen molar-refractivity contribution in [2.24, 2.45) is 0 Å². The van der Waals surface area contributed by atoms with Crippen LogP contribution in [0.1, 0.15) is 18.4 Å². The Morgan fingerprint density at radius 3 is 2.71 bits per heavy atom. The smallest absolute Gasteiger partial charge is 0.236 e. The van der Waals surface area contributed by atoms with Crippen LogP contribution in [0, 0.1) is 0 Å². The maximum atomic E-state index is 11.7. The zero-order valence-corrected chi connectivity index (χ0v) is 14.4. The largest absolute Gasteiger partial charge is 0.348 e. The first kappa shape index (κ1) is 16.5. The van der Waals surface area contributed by atoms with Crippen molar-refractivity contribution in [1.29, 1.82) is 0 Å². The van der Waals surface area contributed by atoms with Crippen LogP contribution in [0.5, 0.6) is 0 Å². The van der Waals surface area contributed by atoms with Crippen LogP contribution in [0.3, 0.4) is 0 Å². The molecule has 2 rings (SSSR count). The van der Waals surface area contributed by atoms with E-state index in [0.717, 1.165) is 36.9 Å². The molecule has 0 atom stereocenters. The number of hydrogen-bond donors (Lipinski definition) is 1. The van der Waals surface area contributed by atoms with Crippen molar-refractivity contribution in [3.05, 3.63) is 34.3 Å². The van der Waals surface area contributed by atoms with Gasteiger partial charge in [0.05, 0.1) is 6.54 Å². The van der Waals surface area contributed by atoms with E-state index in [1.54, 1.807) is 4.90 Å². The summed E-state index contributed by atoms with van der Waals surface area (Å²) in [6.45, 7) is 3.44. The molecule has 0 aliphatic carbocycles. The van der Waals surface area contributed by atoms with Crippen LogP contribution in [-0.4, -0.2) is 55.5 Å². The number of amides is 1. The second kappa shape index (κ2) is 7.92. The zero-order chi connectivity index (χ0) is 15.2. The molecule has 0 bridgehead atoms. The summed E-state index contributed by atoms with van der Waals surface area (Å²) in [4.78, 5) is 15.6. The summed E-state index contributed by atoms with van der Waals surface area (Å²) < 4.78 is 1.12. The standard InChI is InChI=1S/C16H24BrN3O/c1-19(2)16(21)12-20-8-6-15(7-9-20)18-11-13-4-3-5-14(17)10-13/h3-5,10,15,18H,6-9,11-12H2,1-2H3. The van der Waals surface area contributed by atoms with Gasteiger partial charge in [-0.3, -0.25) is 9.69 Å². The number of likely N-dealkylation sites (tertiary alicyclic amines) is 1. The van der Waals surface area contributed by atoms with Gasteiger partial charge in [-0.15, -0.1) is 0 Å². The number of hydrogen-bond acceptors (Lipinski definition) is 3. The third kappa shape index (κ3) is 5.41. The van der Waals surface area contributed by atoms with Gasteiger partial charge in [-0.1, -0.05) is 28.1 Å². The quantitative estimate of drug-likeness (QED) is 0.880. The molecule has 1 aliphatic rings. The lowest BCUT2D eigenvalue weighted by atomic mass is 10.0. The lowest BCUT2D eigenvalue weighted by Gasteiger charge is -2.32. The maximum absolute atomic E-state index is 11.7. The lowest BCUT2D eigenvalue weighted by molar-refractivity contribution is -0.130. The fourth-order valence-electron chi connectivity index (χ4n) is 2.54. The normalized spacial score (nSPS) is 16.9. The average Bonchev–Trinajstić information content (AvgIpc) is 2.46. The molecule has 1 aromatic carbocycles. The molecular weight excluding hydrogens is 330 g/mol. The molecule has 116 valence electrons. The summed E-state index contributed by atoms with van der Waals surface area (Å²) in [5.41, 5.74) is 1.30. The molecule has 1 saturated heterocycles. The van der Waals surface area contributed by atoms with Gasteiger partial charge in [-0.2, -0.15) is 0 Å². The van der Waals surface area contributed by atoms with E-state index in [4.69, 9.17) is 0 Å². The summed E-state index contributed by atoms with van der Waals surface area (Å²) in [5, 5.41) is 3.62. The van der Waals surface area contributed by atoms with E-state index >= 15 is 0 Å². The van der Waals surface area contributed by atoms with E-state index in [2.05, 4.69) is 44.3 Å². The molecule has 1 aliphatic heterocycles. The van der Waals surface area contributed by atoms with Gasteiger partial charge in [-0.05, 0) is 30.5 Å². The Balaban J connectivity index is 1.71. The van der Waals surface area contributed by atoms with Crippen LogP contribution >= 0.6 is 15.9 Å². The van der Waals surface area contributed by atoms with Crippen molar-refractivity contribution < 1.29 is 4.79 Å². The fraction of sp³-hybridized carbons (Fsp3) is 0.562. The predicted molar refractivity (Wildman–Crippen MR) is 89.1 cm³/mol. The molecule has 1 N–H and O–H groups in total. The molecule has 5 heteroatoms. The average molecular weight is 354 g/mol. The minimum Gasteiger partial charge on any atom is -0.348 e. The minimum absolute atomic E-state index is 0.190. The van der Waals surface area contributed by atoms with E-state index in [9.17, 15) is 4.79 Å². The molecular formula is C16H24BrN3O. The van der Waals surface area contributed by atoms with Crippen LogP contribution in [0.4, 0.5) is 0 Å². The molecule has 1 amide bonds. The van der Waals surface area contributed by atoms with Gasteiger partial charge in [0.1, 0.15) is 0 Å². The third-order valence-corrected chi connectivity index (χ3v) is 4.42. The van der Waals surface area contributed by atoms with Crippen LogP contribution in [-0.2, 0) is 11.3 Å². The molecule has 21 heavy (non-hydrogen) atoms. The highest BCUT2D eigenvalue weighted by atomic mass is 79.9. The molecule has 0 unspecified atom stereocenters. The first-order valence-electron chi connectivity index (χ1n) is 7.45. The number of rotatable bonds is 5. The molecule has 4 nitrogen and oxygen atoms in total. The van der Waals surface area contributed by atoms with Crippen LogP contribution in [0.2, 0.25) is 0 Å². The highest BCUT2D eigenvalue weighted by molar-refractivity contribution is 9.10. The second-order valence-corrected chi connectivity index (χ2v) is 6.77. The Kier molecular flexibility index (Phi) is 6.21. The molecule has 0 saturated carbocycles. The highest BCUT2D eigenvalue weighted by Gasteiger charge is 2.20. The number of nitrogens with one attached hydrogen (secondary N) is 1. The van der Waals surface area contributed by atoms with Crippen LogP contribution < -0.4 is 5.32 Å². The fourth-order valence-corrected chi connectivity index (χ4v) is 2.98. The van der Waals surface area contributed by atoms with E-state index in [1.165, 1.54) is 5.56 Å². The van der Waals surface area contributed by atoms with Crippen molar-refractivity contribution in [2.45, 2.75) is 25.4 Å². The monoisotopic (exact) mass is 353 g/mol. The Hall–Kier alpha value is -0.910. The number of carbonyl (C=O) groups is 1. The maximum Gasteiger partial charge on any atom is 0.236 e. The van der Waals surface area contributed by atoms with Crippen molar-refractivity contribution in [1.82, 2.24) is 15.1 Å². The Labute approximate surface area is 135 Å². The van der Waals surface area contributed by atoms with Gasteiger partial charge in [-0.25, -0.2) is 0 Å². The van der Waals surface area contributed by atoms with E-state index in [1.807, 2.05) is 20.2 Å². The Morgan fingerprint density at radius 1 is 1.38 bits per heavy atom. The molecule has 0 radical (unpaired) electrons. The highest BCUT2D eigenvalue weighted by Crippen LogP contribution is 2.14. The number of carbonyl (C=O) groups excluding carboxylic acids is 1. The zero-order valence-electron chi connectivity index (χ0n) is 12.8. The predicted octanol–water partition coefficient (Wildman–Crippen LogP) is 2.09. The Bertz CT molecular complexity index is 470. The number of likely N-dealkylation sites (N-methyl/N-ethyl adjacent to an activating group) is 1. The molecule has 0 aromatic heterocycles. The van der Waals surface area contributed by atoms with E-state index < -0.39 is 0 Å². The summed E-state index contributed by atoms with van der Waals surface area (Å²) in [6, 6.07) is 8.95. The van der Waals surface area contributed by atoms with Gasteiger partial charge < -0.3 is 10.2 Å². The van der Waals surface area contributed by atoms with Crippen molar-refractivity contribution in [3.8, 4) is 0 Å². The van der Waals surface area contributed by atoms with Gasteiger partial charge in [0.15, 0.2) is 0 Å². The van der Waals surface area contributed by atoms with Crippen LogP contribution in [0.15, 0.2) is 28.7 Å². The first-order chi connectivity index (χ1) is 10.0. The third-order valence-electron chi connectivity index (χ3n) is 3.93. The minimum atomic E-state index is 0.190. The Morgan fingerprint density at radius 2 is 2.10 bits per heavy atom. The summed E-state index contributed by atoms with van der Waals surface area (Å²) in [7, 11) is 3.63. The topological polar surface area (TPSA) is 35.6 Å². The second-order valence-electron chi connectivity index (χ2n) is 5.85. The molecule has 0 spiro atoms. The van der Waals surface area contributed by atoms with Gasteiger partial charge >= 0.3 is 0 Å². The SMILES string of the molecule is CN(C)C(=O)CN1CCC(NCc2cccc(Br)c2)CC1. The van der Waals surface area contributed by atoms with Gasteiger partial charge in [0, 0.05) is 44.2 Å². The molecule has 1 aromatic rings. The van der Waals surface area contributed by atoms with Crippen molar-refractivity contribution in [2.75, 3.05) is 33.7 Å². The number of benzene rings is 1. The summed E-state index contributed by atoms with van der Waals surface area (Å²) in [6.07, 6.45) is 2.21. The van der Waals surface area contributed by atoms with Crippen molar-refractivity contribution >= 4 is 21.8 Å². The van der Waals surface area contributed by atoms with Crippen LogP contribution in [0.25, 0.3) is 0 Å². The number of piperidine rings is 1. The summed E-state index contributed by atoms with van der Waals surface area (Å²) in [5.74, 6) is 0.190. The van der Waals surface area contributed by atoms with Crippen molar-refractivity contribution in [3.63, 3.8) is 0 Å². The number of halogens is 1. The summed E-state index contributed by atoms with van der Waals surface area (Å²) >= 11 is 3.50. The molecule has 1 fully saturated rings. The van der Waals surface area contributed by atoms with E-state index in [0.29, 0.717) is 12.6 Å². The van der Waals surface area contributed by atoms with Gasteiger partial charge in [0.2, 0.25) is 5.91 Å². The molecule has 1 heterocycles. The van der Waals surface area contributed by atoms with E-state index in [-0.39, 0.29) is 5.91 Å². The number of nitrogens with zero attached hydrogens (tertiary/aromatic N) is 2. The van der Waals surface area contributed by atoms with Gasteiger partial charge in [0.25, 0.3) is 0 Å². The first-order valence-corrected chi connectivity index (χ1v) is 8.24. The lowest BCUT2D eigenvalue weighted by Crippen LogP contribution is -2.45.